The molecule has 0 aromatic rings. The van der Waals surface area contributed by atoms with Crippen LogP contribution in [0.25, 0.3) is 0 Å². The van der Waals surface area contributed by atoms with Crippen LogP contribution in [0.3, 0.4) is 0 Å². The van der Waals surface area contributed by atoms with Gasteiger partial charge in [-0.05, 0) is 64.2 Å². The summed E-state index contributed by atoms with van der Waals surface area (Å²) in [6.07, 6.45) is 1.72. The van der Waals surface area contributed by atoms with Crippen molar-refractivity contribution in [2.75, 3.05) is 32.7 Å². The van der Waals surface area contributed by atoms with Crippen molar-refractivity contribution >= 4 is 59.3 Å². The molecular weight excluding hydrogens is 734 g/mol. The number of primary amides is 1. The highest BCUT2D eigenvalue weighted by molar-refractivity contribution is 5.95. The molecule has 0 spiro atoms. The Labute approximate surface area is 325 Å². The Morgan fingerprint density at radius 1 is 0.375 bits per heavy atom. The molecule has 0 aliphatic rings. The van der Waals surface area contributed by atoms with E-state index in [9.17, 15) is 24.0 Å². The van der Waals surface area contributed by atoms with E-state index in [1.54, 1.807) is 0 Å². The molecule has 0 saturated carbocycles. The normalized spacial score (nSPS) is 13.2. The Morgan fingerprint density at radius 2 is 0.607 bits per heavy atom. The van der Waals surface area contributed by atoms with E-state index >= 15 is 0 Å². The molecule has 5 amide bonds. The molecule has 28 N–H and O–H groups in total. The Morgan fingerprint density at radius 3 is 0.875 bits per heavy atom. The van der Waals surface area contributed by atoms with Crippen LogP contribution in [0.1, 0.15) is 64.2 Å². The molecule has 0 fully saturated rings. The van der Waals surface area contributed by atoms with Crippen molar-refractivity contribution < 1.29 is 24.0 Å². The predicted molar refractivity (Wildman–Crippen MR) is 211 cm³/mol. The molecule has 318 valence electrons. The summed E-state index contributed by atoms with van der Waals surface area (Å²) in [5.74, 6) is -5.25. The van der Waals surface area contributed by atoms with Crippen LogP contribution in [-0.2, 0) is 24.0 Å². The van der Waals surface area contributed by atoms with Gasteiger partial charge in [-0.1, -0.05) is 0 Å². The minimum absolute atomic E-state index is 0.00341. The van der Waals surface area contributed by atoms with Gasteiger partial charge in [-0.2, -0.15) is 0 Å². The number of hydrogen-bond donors (Lipinski definition) is 21. The van der Waals surface area contributed by atoms with Crippen molar-refractivity contribution in [3.8, 4) is 0 Å². The topological polar surface area (TPSA) is 495 Å². The van der Waals surface area contributed by atoms with Crippen molar-refractivity contribution in [1.82, 2.24) is 47.9 Å². The van der Waals surface area contributed by atoms with Crippen molar-refractivity contribution in [2.45, 2.75) is 94.4 Å². The largest absolute Gasteiger partial charge is 0.370 e. The van der Waals surface area contributed by atoms with Gasteiger partial charge >= 0.3 is 0 Å². The average Bonchev–Trinajstić information content (AvgIpc) is 3.10. The first-order valence-electron chi connectivity index (χ1n) is 18.0. The van der Waals surface area contributed by atoms with Gasteiger partial charge in [0.05, 0.1) is 6.04 Å². The van der Waals surface area contributed by atoms with Gasteiger partial charge in [-0.3, -0.25) is 51.0 Å². The molecule has 26 heteroatoms. The Bertz CT molecular complexity index is 1350. The Kier molecular flexibility index (Phi) is 25.0. The number of nitrogens with two attached hydrogens (primary N) is 7. The summed E-state index contributed by atoms with van der Waals surface area (Å²) < 4.78 is 0. The van der Waals surface area contributed by atoms with Gasteiger partial charge in [-0.25, -0.2) is 0 Å². The Balaban J connectivity index is 6.23. The molecule has 26 nitrogen and oxygen atoms in total. The first-order valence-corrected chi connectivity index (χ1v) is 18.0. The van der Waals surface area contributed by atoms with E-state index in [2.05, 4.69) is 47.9 Å². The number of guanidine groups is 5. The lowest BCUT2D eigenvalue weighted by Crippen LogP contribution is -2.59. The number of carbonyl (C=O) groups is 5. The number of nitrogens with one attached hydrogen (secondary N) is 14. The van der Waals surface area contributed by atoms with Crippen LogP contribution in [0.5, 0.6) is 0 Å². The molecule has 0 aliphatic heterocycles. The van der Waals surface area contributed by atoms with Gasteiger partial charge in [0, 0.05) is 32.7 Å². The molecule has 0 unspecified atom stereocenters. The molecule has 5 atom stereocenters. The van der Waals surface area contributed by atoms with Crippen molar-refractivity contribution in [2.24, 2.45) is 40.1 Å². The highest BCUT2D eigenvalue weighted by Gasteiger charge is 2.31. The second-order valence-electron chi connectivity index (χ2n) is 12.7. The van der Waals surface area contributed by atoms with Gasteiger partial charge < -0.3 is 88.0 Å². The van der Waals surface area contributed by atoms with Crippen molar-refractivity contribution in [1.29, 1.82) is 27.0 Å². The maximum absolute atomic E-state index is 13.9. The smallest absolute Gasteiger partial charge is 0.243 e. The molecule has 56 heavy (non-hydrogen) atoms. The predicted octanol–water partition coefficient (Wildman–Crippen LogP) is -6.95. The third kappa shape index (κ3) is 24.8. The molecule has 0 aromatic heterocycles. The second-order valence-corrected chi connectivity index (χ2v) is 12.7. The fourth-order valence-electron chi connectivity index (χ4n) is 4.98. The number of hydrogen-bond acceptors (Lipinski definition) is 11. The van der Waals surface area contributed by atoms with Crippen LogP contribution in [0.4, 0.5) is 0 Å². The van der Waals surface area contributed by atoms with Crippen LogP contribution in [0.2, 0.25) is 0 Å². The van der Waals surface area contributed by atoms with Gasteiger partial charge in [0.25, 0.3) is 0 Å². The van der Waals surface area contributed by atoms with E-state index in [1.165, 1.54) is 0 Å². The maximum Gasteiger partial charge on any atom is 0.243 e. The summed E-state index contributed by atoms with van der Waals surface area (Å²) in [5, 5.41) is 60.1. The van der Waals surface area contributed by atoms with Crippen molar-refractivity contribution in [3.63, 3.8) is 0 Å². The fourth-order valence-corrected chi connectivity index (χ4v) is 4.98. The lowest BCUT2D eigenvalue weighted by molar-refractivity contribution is -0.134. The van der Waals surface area contributed by atoms with E-state index < -0.39 is 59.7 Å². The maximum atomic E-state index is 13.9. The van der Waals surface area contributed by atoms with E-state index in [0.717, 1.165) is 0 Å². The minimum atomic E-state index is -1.28. The zero-order valence-electron chi connectivity index (χ0n) is 31.6. The van der Waals surface area contributed by atoms with E-state index in [4.69, 9.17) is 67.2 Å². The number of rotatable bonds is 29. The summed E-state index contributed by atoms with van der Waals surface area (Å²) in [5.41, 5.74) is 38.3. The zero-order valence-corrected chi connectivity index (χ0v) is 31.6. The van der Waals surface area contributed by atoms with Crippen LogP contribution in [0.15, 0.2) is 0 Å². The van der Waals surface area contributed by atoms with E-state index in [1.807, 2.05) is 0 Å². The first kappa shape index (κ1) is 49.7. The number of amides is 5. The van der Waals surface area contributed by atoms with Crippen LogP contribution < -0.4 is 88.0 Å². The van der Waals surface area contributed by atoms with Crippen molar-refractivity contribution in [3.05, 3.63) is 0 Å². The monoisotopic (exact) mass is 798 g/mol. The fraction of sp³-hybridized carbons (Fsp3) is 0.667. The molecular formula is C30H63N21O5. The molecule has 0 aliphatic carbocycles. The quantitative estimate of drug-likeness (QED) is 0.0190. The molecule has 0 heterocycles. The molecule has 0 rings (SSSR count). The van der Waals surface area contributed by atoms with Gasteiger partial charge in [0.1, 0.15) is 24.2 Å². The first-order chi connectivity index (χ1) is 26.3. The Hall–Kier alpha value is -6.34. The zero-order chi connectivity index (χ0) is 42.6. The highest BCUT2D eigenvalue weighted by Crippen LogP contribution is 2.07. The number of carbonyl (C=O) groups excluding carboxylic acids is 5. The lowest BCUT2D eigenvalue weighted by Gasteiger charge is -2.27. The standard InChI is InChI=1S/C30H63N21O5/c31-16(6-1-11-43-26(33)34)22(53)49-18(8-3-13-45-28(37)38)24(55)51-20(10-5-15-47-30(41)42)25(56)50-19(9-4-14-46-29(39)40)23(54)48-17(21(32)52)7-2-12-44-27(35)36/h16-20H,1-15,31H2,(H2,32,52)(H,48,54)(H,49,53)(H,50,56)(H,51,55)(H4,33,34,43)(H4,35,36,44)(H4,37,38,45)(H4,39,40,46)(H4,41,42,47)/t16-,17-,18-,19-,20-/m0/s1. The summed E-state index contributed by atoms with van der Waals surface area (Å²) in [6, 6.07) is -5.91. The molecule has 0 saturated heterocycles. The van der Waals surface area contributed by atoms with Gasteiger partial charge in [-0.15, -0.1) is 0 Å². The van der Waals surface area contributed by atoms with Gasteiger partial charge in [0.15, 0.2) is 29.8 Å². The summed E-state index contributed by atoms with van der Waals surface area (Å²) >= 11 is 0. The van der Waals surface area contributed by atoms with Crippen LogP contribution >= 0.6 is 0 Å². The van der Waals surface area contributed by atoms with Gasteiger partial charge in [0.2, 0.25) is 29.5 Å². The molecule has 0 radical (unpaired) electrons. The second kappa shape index (κ2) is 28.2. The SMILES string of the molecule is N=C(N)NCCC[C@H](NC(=O)[C@H](CCCNC(=N)N)NC(=O)[C@H](CCCNC(=N)N)NC(=O)[C@H](CCCNC(=N)N)NC(=O)[C@@H](N)CCCNC(=N)N)C(N)=O. The summed E-state index contributed by atoms with van der Waals surface area (Å²) in [6.45, 7) is 1.02. The van der Waals surface area contributed by atoms with E-state index in [0.29, 0.717) is 19.4 Å². The van der Waals surface area contributed by atoms with E-state index in [-0.39, 0.29) is 107 Å². The van der Waals surface area contributed by atoms with Crippen LogP contribution in [-0.4, -0.2) is 122 Å². The summed E-state index contributed by atoms with van der Waals surface area (Å²) in [4.78, 5) is 66.4. The highest BCUT2D eigenvalue weighted by atomic mass is 16.2. The summed E-state index contributed by atoms with van der Waals surface area (Å²) in [7, 11) is 0. The minimum Gasteiger partial charge on any atom is -0.370 e. The third-order valence-corrected chi connectivity index (χ3v) is 7.84. The van der Waals surface area contributed by atoms with Crippen LogP contribution in [0, 0.1) is 27.0 Å². The lowest BCUT2D eigenvalue weighted by atomic mass is 10.0. The molecule has 0 bridgehead atoms. The average molecular weight is 798 g/mol. The third-order valence-electron chi connectivity index (χ3n) is 7.84. The molecule has 0 aromatic carbocycles.